The molecular formula is C14H17F2N3O2. The van der Waals surface area contributed by atoms with Crippen LogP contribution in [0, 0.1) is 11.6 Å². The fourth-order valence-electron chi connectivity index (χ4n) is 2.35. The zero-order valence-electron chi connectivity index (χ0n) is 11.7. The average molecular weight is 297 g/mol. The molecule has 0 bridgehead atoms. The van der Waals surface area contributed by atoms with E-state index in [-0.39, 0.29) is 17.9 Å². The molecule has 114 valence electrons. The molecule has 1 aromatic rings. The molecule has 1 unspecified atom stereocenters. The minimum absolute atomic E-state index is 0.00538. The highest BCUT2D eigenvalue weighted by Crippen LogP contribution is 2.14. The molecule has 1 aliphatic heterocycles. The van der Waals surface area contributed by atoms with Gasteiger partial charge in [0.1, 0.15) is 6.04 Å². The van der Waals surface area contributed by atoms with Crippen LogP contribution >= 0.6 is 0 Å². The van der Waals surface area contributed by atoms with Gasteiger partial charge in [0.2, 0.25) is 11.8 Å². The van der Waals surface area contributed by atoms with E-state index in [1.807, 2.05) is 0 Å². The van der Waals surface area contributed by atoms with E-state index in [9.17, 15) is 18.4 Å². The smallest absolute Gasteiger partial charge is 0.243 e. The maximum Gasteiger partial charge on any atom is 0.243 e. The van der Waals surface area contributed by atoms with Crippen LogP contribution in [0.25, 0.3) is 0 Å². The molecule has 1 aliphatic rings. The van der Waals surface area contributed by atoms with Crippen molar-refractivity contribution in [1.29, 1.82) is 0 Å². The highest BCUT2D eigenvalue weighted by Gasteiger charge is 2.31. The summed E-state index contributed by atoms with van der Waals surface area (Å²) in [6.45, 7) is 1.26. The van der Waals surface area contributed by atoms with Gasteiger partial charge in [-0.3, -0.25) is 9.59 Å². The predicted molar refractivity (Wildman–Crippen MR) is 72.5 cm³/mol. The zero-order valence-corrected chi connectivity index (χ0v) is 11.7. The first-order valence-electron chi connectivity index (χ1n) is 6.69. The Hall–Kier alpha value is -2.02. The summed E-state index contributed by atoms with van der Waals surface area (Å²) in [4.78, 5) is 25.5. The Morgan fingerprint density at radius 3 is 2.90 bits per heavy atom. The van der Waals surface area contributed by atoms with Gasteiger partial charge < -0.3 is 15.5 Å². The molecule has 0 spiro atoms. The van der Waals surface area contributed by atoms with Crippen LogP contribution in [-0.4, -0.2) is 49.4 Å². The summed E-state index contributed by atoms with van der Waals surface area (Å²) in [5.41, 5.74) is -0.00538. The number of carbonyl (C=O) groups is 2. The van der Waals surface area contributed by atoms with Gasteiger partial charge in [-0.05, 0) is 6.07 Å². The molecule has 0 aliphatic carbocycles. The highest BCUT2D eigenvalue weighted by molar-refractivity contribution is 5.88. The lowest BCUT2D eigenvalue weighted by atomic mass is 10.1. The molecule has 21 heavy (non-hydrogen) atoms. The van der Waals surface area contributed by atoms with E-state index in [0.29, 0.717) is 19.6 Å². The predicted octanol–water partition coefficient (Wildman–Crippen LogP) is 0.0537. The standard InChI is InChI=1S/C14H17F2N3O2/c1-17-14(21)11-8-18-5-6-19(11)12(20)7-9-3-2-4-10(15)13(9)16/h2-4,11,18H,5-8H2,1H3,(H,17,21). The Morgan fingerprint density at radius 2 is 2.19 bits per heavy atom. The van der Waals surface area contributed by atoms with Crippen LogP contribution in [0.15, 0.2) is 18.2 Å². The number of carbonyl (C=O) groups excluding carboxylic acids is 2. The second-order valence-electron chi connectivity index (χ2n) is 4.81. The largest absolute Gasteiger partial charge is 0.357 e. The lowest BCUT2D eigenvalue weighted by Crippen LogP contribution is -2.59. The lowest BCUT2D eigenvalue weighted by Gasteiger charge is -2.35. The van der Waals surface area contributed by atoms with E-state index < -0.39 is 23.6 Å². The Kier molecular flexibility index (Phi) is 4.85. The molecule has 7 heteroatoms. The molecule has 0 saturated carbocycles. The van der Waals surface area contributed by atoms with Crippen LogP contribution in [0.4, 0.5) is 8.78 Å². The Labute approximate surface area is 121 Å². The topological polar surface area (TPSA) is 61.4 Å². The quantitative estimate of drug-likeness (QED) is 0.829. The van der Waals surface area contributed by atoms with Gasteiger partial charge in [-0.25, -0.2) is 8.78 Å². The maximum absolute atomic E-state index is 13.6. The summed E-state index contributed by atoms with van der Waals surface area (Å²) in [6, 6.07) is 3.09. The number of halogens is 2. The maximum atomic E-state index is 13.6. The fraction of sp³-hybridized carbons (Fsp3) is 0.429. The number of hydrogen-bond donors (Lipinski definition) is 2. The number of nitrogens with zero attached hydrogens (tertiary/aromatic N) is 1. The van der Waals surface area contributed by atoms with Gasteiger partial charge in [-0.15, -0.1) is 0 Å². The van der Waals surface area contributed by atoms with Crippen LogP contribution in [0.5, 0.6) is 0 Å². The summed E-state index contributed by atoms with van der Waals surface area (Å²) in [7, 11) is 1.49. The Balaban J connectivity index is 2.14. The van der Waals surface area contributed by atoms with Gasteiger partial charge in [0.05, 0.1) is 6.42 Å². The SMILES string of the molecule is CNC(=O)C1CNCCN1C(=O)Cc1cccc(F)c1F. The number of benzene rings is 1. The molecule has 1 heterocycles. The van der Waals surface area contributed by atoms with E-state index in [2.05, 4.69) is 10.6 Å². The number of likely N-dealkylation sites (N-methyl/N-ethyl adjacent to an activating group) is 1. The minimum atomic E-state index is -1.02. The van der Waals surface area contributed by atoms with Gasteiger partial charge >= 0.3 is 0 Å². The van der Waals surface area contributed by atoms with Crippen LogP contribution in [0.3, 0.4) is 0 Å². The Morgan fingerprint density at radius 1 is 1.43 bits per heavy atom. The third kappa shape index (κ3) is 3.36. The lowest BCUT2D eigenvalue weighted by molar-refractivity contribution is -0.140. The molecule has 0 radical (unpaired) electrons. The van der Waals surface area contributed by atoms with Gasteiger partial charge in [0, 0.05) is 32.2 Å². The Bertz CT molecular complexity index is 551. The number of piperazine rings is 1. The van der Waals surface area contributed by atoms with Gasteiger partial charge in [0.15, 0.2) is 11.6 Å². The monoisotopic (exact) mass is 297 g/mol. The summed E-state index contributed by atoms with van der Waals surface area (Å²) in [5.74, 6) is -2.68. The van der Waals surface area contributed by atoms with E-state index in [4.69, 9.17) is 0 Å². The van der Waals surface area contributed by atoms with Gasteiger partial charge in [0.25, 0.3) is 0 Å². The number of amides is 2. The normalized spacial score (nSPS) is 18.4. The summed E-state index contributed by atoms with van der Waals surface area (Å²) >= 11 is 0. The van der Waals surface area contributed by atoms with Crippen LogP contribution in [-0.2, 0) is 16.0 Å². The third-order valence-electron chi connectivity index (χ3n) is 3.49. The van der Waals surface area contributed by atoms with Crippen LogP contribution < -0.4 is 10.6 Å². The number of rotatable bonds is 3. The van der Waals surface area contributed by atoms with Crippen molar-refractivity contribution in [3.8, 4) is 0 Å². The summed E-state index contributed by atoms with van der Waals surface area (Å²) in [5, 5.41) is 5.53. The van der Waals surface area contributed by atoms with Crippen molar-refractivity contribution in [2.75, 3.05) is 26.7 Å². The molecule has 2 amide bonds. The van der Waals surface area contributed by atoms with Gasteiger partial charge in [-0.2, -0.15) is 0 Å². The molecule has 1 atom stereocenters. The number of nitrogens with one attached hydrogen (secondary N) is 2. The molecule has 5 nitrogen and oxygen atoms in total. The molecule has 0 aromatic heterocycles. The zero-order chi connectivity index (χ0) is 15.4. The van der Waals surface area contributed by atoms with Crippen molar-refractivity contribution in [3.63, 3.8) is 0 Å². The van der Waals surface area contributed by atoms with Crippen molar-refractivity contribution >= 4 is 11.8 Å². The second-order valence-corrected chi connectivity index (χ2v) is 4.81. The molecular weight excluding hydrogens is 280 g/mol. The summed E-state index contributed by atoms with van der Waals surface area (Å²) in [6.07, 6.45) is -0.267. The molecule has 1 aromatic carbocycles. The molecule has 2 N–H and O–H groups in total. The van der Waals surface area contributed by atoms with Crippen molar-refractivity contribution in [1.82, 2.24) is 15.5 Å². The first-order valence-corrected chi connectivity index (χ1v) is 6.69. The van der Waals surface area contributed by atoms with E-state index in [0.717, 1.165) is 6.07 Å². The number of hydrogen-bond acceptors (Lipinski definition) is 3. The average Bonchev–Trinajstić information content (AvgIpc) is 2.51. The first kappa shape index (κ1) is 15.4. The van der Waals surface area contributed by atoms with Crippen LogP contribution in [0.1, 0.15) is 5.56 Å². The van der Waals surface area contributed by atoms with E-state index >= 15 is 0 Å². The summed E-state index contributed by atoms with van der Waals surface area (Å²) < 4.78 is 26.8. The van der Waals surface area contributed by atoms with Crippen molar-refractivity contribution in [3.05, 3.63) is 35.4 Å². The van der Waals surface area contributed by atoms with Crippen molar-refractivity contribution in [2.24, 2.45) is 0 Å². The second kappa shape index (κ2) is 6.62. The minimum Gasteiger partial charge on any atom is -0.357 e. The molecule has 1 fully saturated rings. The van der Waals surface area contributed by atoms with E-state index in [1.165, 1.54) is 24.1 Å². The molecule has 1 saturated heterocycles. The molecule has 2 rings (SSSR count). The van der Waals surface area contributed by atoms with Crippen LogP contribution in [0.2, 0.25) is 0 Å². The third-order valence-corrected chi connectivity index (χ3v) is 3.49. The van der Waals surface area contributed by atoms with Gasteiger partial charge in [-0.1, -0.05) is 12.1 Å². The van der Waals surface area contributed by atoms with E-state index in [1.54, 1.807) is 0 Å². The fourth-order valence-corrected chi connectivity index (χ4v) is 2.35. The highest BCUT2D eigenvalue weighted by atomic mass is 19.2. The van der Waals surface area contributed by atoms with Crippen molar-refractivity contribution < 1.29 is 18.4 Å². The first-order chi connectivity index (χ1) is 10.0. The van der Waals surface area contributed by atoms with Crippen molar-refractivity contribution in [2.45, 2.75) is 12.5 Å².